The Bertz CT molecular complexity index is 727. The van der Waals surface area contributed by atoms with Gasteiger partial charge in [0.05, 0.1) is 22.9 Å². The summed E-state index contributed by atoms with van der Waals surface area (Å²) in [5, 5.41) is 16.1. The number of carbonyl (C=O) groups excluding carboxylic acids is 1. The molecule has 1 fully saturated rings. The number of aromatic nitrogens is 1. The number of thiophene rings is 1. The van der Waals surface area contributed by atoms with Gasteiger partial charge in [-0.2, -0.15) is 11.3 Å². The third kappa shape index (κ3) is 3.27. The molecule has 2 N–H and O–H groups in total. The fraction of sp³-hybridized carbons (Fsp3) is 0.353. The Kier molecular flexibility index (Phi) is 4.43. The van der Waals surface area contributed by atoms with Gasteiger partial charge in [0.25, 0.3) is 5.91 Å². The standard InChI is InChI=1S/C17H18N2O3S/c1-10-12(5-6-14(18-10)11-7-8-23-9-11)16(20)19-15-4-2-3-13(15)17(21)22/h5-9,13,15H,2-4H2,1H3,(H,19,20)(H,21,22)/t13-,15+/m0/s1. The first-order valence-corrected chi connectivity index (χ1v) is 8.54. The van der Waals surface area contributed by atoms with Gasteiger partial charge in [-0.1, -0.05) is 6.42 Å². The van der Waals surface area contributed by atoms with Gasteiger partial charge in [0, 0.05) is 17.0 Å². The minimum atomic E-state index is -0.838. The lowest BCUT2D eigenvalue weighted by atomic mass is 10.0. The molecule has 1 aliphatic rings. The first kappa shape index (κ1) is 15.7. The molecule has 3 rings (SSSR count). The van der Waals surface area contributed by atoms with Crippen molar-refractivity contribution >= 4 is 23.2 Å². The van der Waals surface area contributed by atoms with Crippen LogP contribution in [0.5, 0.6) is 0 Å². The highest BCUT2D eigenvalue weighted by Gasteiger charge is 2.34. The van der Waals surface area contributed by atoms with Crippen molar-refractivity contribution in [1.29, 1.82) is 0 Å². The van der Waals surface area contributed by atoms with Gasteiger partial charge in [-0.05, 0) is 43.3 Å². The Hall–Kier alpha value is -2.21. The fourth-order valence-electron chi connectivity index (χ4n) is 3.05. The van der Waals surface area contributed by atoms with Crippen molar-refractivity contribution < 1.29 is 14.7 Å². The van der Waals surface area contributed by atoms with Crippen molar-refractivity contribution in [3.63, 3.8) is 0 Å². The summed E-state index contributed by atoms with van der Waals surface area (Å²) in [6, 6.07) is 5.28. The van der Waals surface area contributed by atoms with Crippen LogP contribution in [0.1, 0.15) is 35.3 Å². The summed E-state index contributed by atoms with van der Waals surface area (Å²) >= 11 is 1.60. The van der Waals surface area contributed by atoms with E-state index in [-0.39, 0.29) is 11.9 Å². The summed E-state index contributed by atoms with van der Waals surface area (Å²) in [7, 11) is 0. The molecule has 0 unspecified atom stereocenters. The molecule has 2 aromatic heterocycles. The van der Waals surface area contributed by atoms with Gasteiger partial charge < -0.3 is 10.4 Å². The van der Waals surface area contributed by atoms with E-state index in [9.17, 15) is 14.7 Å². The lowest BCUT2D eigenvalue weighted by molar-refractivity contribution is -0.142. The molecule has 0 saturated heterocycles. The highest BCUT2D eigenvalue weighted by atomic mass is 32.1. The number of nitrogens with one attached hydrogen (secondary N) is 1. The second kappa shape index (κ2) is 6.50. The van der Waals surface area contributed by atoms with Gasteiger partial charge in [-0.3, -0.25) is 14.6 Å². The average Bonchev–Trinajstić information content (AvgIpc) is 3.18. The summed E-state index contributed by atoms with van der Waals surface area (Å²) in [6.45, 7) is 1.80. The maximum Gasteiger partial charge on any atom is 0.308 e. The van der Waals surface area contributed by atoms with Crippen LogP contribution >= 0.6 is 11.3 Å². The fourth-order valence-corrected chi connectivity index (χ4v) is 3.70. The normalized spacial score (nSPS) is 20.4. The van der Waals surface area contributed by atoms with Crippen molar-refractivity contribution in [2.24, 2.45) is 5.92 Å². The number of carboxylic acid groups (broad SMARTS) is 1. The van der Waals surface area contributed by atoms with Crippen LogP contribution in [0.4, 0.5) is 0 Å². The summed E-state index contributed by atoms with van der Waals surface area (Å²) < 4.78 is 0. The number of hydrogen-bond donors (Lipinski definition) is 2. The molecule has 23 heavy (non-hydrogen) atoms. The maximum atomic E-state index is 12.4. The highest BCUT2D eigenvalue weighted by molar-refractivity contribution is 7.08. The molecule has 0 radical (unpaired) electrons. The van der Waals surface area contributed by atoms with E-state index in [1.54, 1.807) is 24.3 Å². The topological polar surface area (TPSA) is 79.3 Å². The van der Waals surface area contributed by atoms with Crippen molar-refractivity contribution in [1.82, 2.24) is 10.3 Å². The Labute approximate surface area is 138 Å². The van der Waals surface area contributed by atoms with Gasteiger partial charge >= 0.3 is 5.97 Å². The summed E-state index contributed by atoms with van der Waals surface area (Å²) in [6.07, 6.45) is 2.16. The molecule has 2 atom stereocenters. The van der Waals surface area contributed by atoms with E-state index in [1.165, 1.54) is 0 Å². The predicted molar refractivity (Wildman–Crippen MR) is 88.5 cm³/mol. The molecule has 0 bridgehead atoms. The van der Waals surface area contributed by atoms with Crippen LogP contribution in [-0.2, 0) is 4.79 Å². The minimum Gasteiger partial charge on any atom is -0.481 e. The minimum absolute atomic E-state index is 0.245. The average molecular weight is 330 g/mol. The highest BCUT2D eigenvalue weighted by Crippen LogP contribution is 2.26. The zero-order valence-electron chi connectivity index (χ0n) is 12.8. The number of carboxylic acids is 1. The maximum absolute atomic E-state index is 12.4. The van der Waals surface area contributed by atoms with Gasteiger partial charge in [0.1, 0.15) is 0 Å². The Morgan fingerprint density at radius 1 is 1.30 bits per heavy atom. The molecule has 0 aliphatic heterocycles. The molecule has 120 valence electrons. The van der Waals surface area contributed by atoms with Gasteiger partial charge in [-0.25, -0.2) is 0 Å². The van der Waals surface area contributed by atoms with E-state index in [0.29, 0.717) is 24.1 Å². The predicted octanol–water partition coefficient (Wildman–Crippen LogP) is 3.10. The third-order valence-electron chi connectivity index (χ3n) is 4.30. The third-order valence-corrected chi connectivity index (χ3v) is 4.98. The van der Waals surface area contributed by atoms with Crippen molar-refractivity contribution in [3.05, 3.63) is 40.2 Å². The number of pyridine rings is 1. The van der Waals surface area contributed by atoms with Crippen LogP contribution in [0.25, 0.3) is 11.3 Å². The van der Waals surface area contributed by atoms with E-state index in [1.807, 2.05) is 22.9 Å². The molecule has 2 aromatic rings. The molecule has 2 heterocycles. The molecular weight excluding hydrogens is 312 g/mol. The van der Waals surface area contributed by atoms with Crippen LogP contribution in [-0.4, -0.2) is 28.0 Å². The quantitative estimate of drug-likeness (QED) is 0.903. The number of aliphatic carboxylic acids is 1. The van der Waals surface area contributed by atoms with E-state index in [4.69, 9.17) is 0 Å². The van der Waals surface area contributed by atoms with Crippen LogP contribution in [0.2, 0.25) is 0 Å². The SMILES string of the molecule is Cc1nc(-c2ccsc2)ccc1C(=O)N[C@@H]1CCC[C@@H]1C(=O)O. The molecule has 5 nitrogen and oxygen atoms in total. The smallest absolute Gasteiger partial charge is 0.308 e. The number of carbonyl (C=O) groups is 2. The monoisotopic (exact) mass is 330 g/mol. The van der Waals surface area contributed by atoms with E-state index in [2.05, 4.69) is 10.3 Å². The first-order valence-electron chi connectivity index (χ1n) is 7.60. The van der Waals surface area contributed by atoms with Crippen LogP contribution in [0, 0.1) is 12.8 Å². The summed E-state index contributed by atoms with van der Waals surface area (Å²) in [5.74, 6) is -1.57. The van der Waals surface area contributed by atoms with E-state index in [0.717, 1.165) is 17.7 Å². The van der Waals surface area contributed by atoms with Gasteiger partial charge in [0.15, 0.2) is 0 Å². The Morgan fingerprint density at radius 3 is 2.78 bits per heavy atom. The van der Waals surface area contributed by atoms with Crippen LogP contribution in [0.15, 0.2) is 29.0 Å². The van der Waals surface area contributed by atoms with E-state index >= 15 is 0 Å². The zero-order valence-corrected chi connectivity index (χ0v) is 13.6. The lowest BCUT2D eigenvalue weighted by Crippen LogP contribution is -2.40. The number of hydrogen-bond acceptors (Lipinski definition) is 4. The number of nitrogens with zero attached hydrogens (tertiary/aromatic N) is 1. The van der Waals surface area contributed by atoms with Crippen LogP contribution < -0.4 is 5.32 Å². The van der Waals surface area contributed by atoms with Crippen LogP contribution in [0.3, 0.4) is 0 Å². The Morgan fingerprint density at radius 2 is 2.13 bits per heavy atom. The van der Waals surface area contributed by atoms with Gasteiger partial charge in [0.2, 0.25) is 0 Å². The molecule has 0 spiro atoms. The number of amides is 1. The van der Waals surface area contributed by atoms with E-state index < -0.39 is 11.9 Å². The Balaban J connectivity index is 1.76. The zero-order chi connectivity index (χ0) is 16.4. The van der Waals surface area contributed by atoms with Crippen molar-refractivity contribution in [2.45, 2.75) is 32.2 Å². The molecule has 0 aromatic carbocycles. The molecule has 1 aliphatic carbocycles. The number of aryl methyl sites for hydroxylation is 1. The largest absolute Gasteiger partial charge is 0.481 e. The molecule has 1 saturated carbocycles. The molecule has 6 heteroatoms. The number of rotatable bonds is 4. The molecule has 1 amide bonds. The first-order chi connectivity index (χ1) is 11.1. The lowest BCUT2D eigenvalue weighted by Gasteiger charge is -2.18. The van der Waals surface area contributed by atoms with Crippen molar-refractivity contribution in [2.75, 3.05) is 0 Å². The second-order valence-electron chi connectivity index (χ2n) is 5.80. The molecular formula is C17H18N2O3S. The summed E-state index contributed by atoms with van der Waals surface area (Å²) in [4.78, 5) is 28.2. The van der Waals surface area contributed by atoms with Crippen molar-refractivity contribution in [3.8, 4) is 11.3 Å². The summed E-state index contributed by atoms with van der Waals surface area (Å²) in [5.41, 5.74) is 3.02. The second-order valence-corrected chi connectivity index (χ2v) is 6.58. The van der Waals surface area contributed by atoms with Gasteiger partial charge in [-0.15, -0.1) is 0 Å².